The van der Waals surface area contributed by atoms with Crippen LogP contribution in [0.3, 0.4) is 0 Å². The lowest BCUT2D eigenvalue weighted by molar-refractivity contribution is -0.133. The first-order valence-electron chi connectivity index (χ1n) is 7.91. The van der Waals surface area contributed by atoms with Gasteiger partial charge in [0.2, 0.25) is 0 Å². The maximum atomic E-state index is 12.3. The molecule has 0 spiro atoms. The number of hydrogen-bond acceptors (Lipinski definition) is 4. The molecule has 22 heavy (non-hydrogen) atoms. The van der Waals surface area contributed by atoms with E-state index in [1.807, 2.05) is 0 Å². The van der Waals surface area contributed by atoms with Crippen molar-refractivity contribution in [3.05, 3.63) is 35.2 Å². The number of carboxylic acids is 1. The SMILES string of the molecule is C=CCC1=C(C(=O)O)C(CCCCC)C2=C(CNCC2=O)N1. The number of hydrogen-bond donors (Lipinski definition) is 3. The van der Waals surface area contributed by atoms with Gasteiger partial charge in [-0.05, 0) is 6.42 Å². The molecule has 0 fully saturated rings. The van der Waals surface area contributed by atoms with Gasteiger partial charge in [-0.15, -0.1) is 6.58 Å². The summed E-state index contributed by atoms with van der Waals surface area (Å²) in [6.07, 6.45) is 5.91. The number of carboxylic acid groups (broad SMARTS) is 1. The highest BCUT2D eigenvalue weighted by atomic mass is 16.4. The summed E-state index contributed by atoms with van der Waals surface area (Å²) in [6, 6.07) is 0. The molecule has 0 radical (unpaired) electrons. The van der Waals surface area contributed by atoms with Crippen LogP contribution in [0.5, 0.6) is 0 Å². The molecule has 5 nitrogen and oxygen atoms in total. The predicted molar refractivity (Wildman–Crippen MR) is 85.1 cm³/mol. The normalized spacial score (nSPS) is 21.5. The van der Waals surface area contributed by atoms with Crippen molar-refractivity contribution in [3.8, 4) is 0 Å². The molecule has 3 N–H and O–H groups in total. The van der Waals surface area contributed by atoms with Gasteiger partial charge in [0.05, 0.1) is 12.1 Å². The molecule has 2 aliphatic rings. The Morgan fingerprint density at radius 3 is 2.82 bits per heavy atom. The standard InChI is InChI=1S/C17H24N2O3/c1-3-5-6-8-11-15-13(9-18-10-14(15)20)19-12(7-4-2)16(11)17(21)22/h4,11,18-19H,2-3,5-10H2,1H3,(H,21,22). The van der Waals surface area contributed by atoms with Crippen LogP contribution in [-0.2, 0) is 9.59 Å². The highest BCUT2D eigenvalue weighted by Gasteiger charge is 2.37. The zero-order valence-corrected chi connectivity index (χ0v) is 13.1. The van der Waals surface area contributed by atoms with Gasteiger partial charge in [-0.2, -0.15) is 0 Å². The average molecular weight is 304 g/mol. The number of carbonyl (C=O) groups excluding carboxylic acids is 1. The highest BCUT2D eigenvalue weighted by Crippen LogP contribution is 2.36. The summed E-state index contributed by atoms with van der Waals surface area (Å²) in [5.74, 6) is -1.24. The topological polar surface area (TPSA) is 78.4 Å². The van der Waals surface area contributed by atoms with Crippen LogP contribution in [0.2, 0.25) is 0 Å². The van der Waals surface area contributed by atoms with Crippen molar-refractivity contribution < 1.29 is 14.7 Å². The van der Waals surface area contributed by atoms with Crippen LogP contribution < -0.4 is 10.6 Å². The van der Waals surface area contributed by atoms with E-state index in [9.17, 15) is 14.7 Å². The van der Waals surface area contributed by atoms with E-state index in [-0.39, 0.29) is 18.2 Å². The monoisotopic (exact) mass is 304 g/mol. The summed E-state index contributed by atoms with van der Waals surface area (Å²) in [5.41, 5.74) is 2.50. The fourth-order valence-electron chi connectivity index (χ4n) is 3.25. The fourth-order valence-corrected chi connectivity index (χ4v) is 3.25. The quantitative estimate of drug-likeness (QED) is 0.496. The molecule has 120 valence electrons. The molecular formula is C17H24N2O3. The average Bonchev–Trinajstić information content (AvgIpc) is 2.47. The third kappa shape index (κ3) is 3.30. The Hall–Kier alpha value is -1.88. The smallest absolute Gasteiger partial charge is 0.333 e. The van der Waals surface area contributed by atoms with Gasteiger partial charge in [-0.3, -0.25) is 4.79 Å². The number of Topliss-reactive ketones (excluding diaryl/α,β-unsaturated/α-hetero) is 1. The lowest BCUT2D eigenvalue weighted by Crippen LogP contribution is -2.44. The van der Waals surface area contributed by atoms with E-state index in [1.165, 1.54) is 0 Å². The number of carbonyl (C=O) groups is 2. The Labute approximate surface area is 131 Å². The Bertz CT molecular complexity index is 546. The fraction of sp³-hybridized carbons (Fsp3) is 0.529. The number of ketones is 1. The molecule has 0 aliphatic carbocycles. The lowest BCUT2D eigenvalue weighted by Gasteiger charge is -2.34. The van der Waals surface area contributed by atoms with Crippen LogP contribution in [0.4, 0.5) is 0 Å². The van der Waals surface area contributed by atoms with Gasteiger partial charge in [0.1, 0.15) is 0 Å². The Kier molecular flexibility index (Phi) is 5.55. The minimum Gasteiger partial charge on any atom is -0.478 e. The third-order valence-corrected chi connectivity index (χ3v) is 4.21. The number of unbranched alkanes of at least 4 members (excludes halogenated alkanes) is 2. The van der Waals surface area contributed by atoms with Gasteiger partial charge in [-0.25, -0.2) is 4.79 Å². The molecule has 0 amide bonds. The van der Waals surface area contributed by atoms with Crippen molar-refractivity contribution in [2.45, 2.75) is 39.0 Å². The first-order chi connectivity index (χ1) is 10.6. The van der Waals surface area contributed by atoms with E-state index >= 15 is 0 Å². The van der Waals surface area contributed by atoms with Gasteiger partial charge in [0.25, 0.3) is 0 Å². The third-order valence-electron chi connectivity index (χ3n) is 4.21. The first-order valence-corrected chi connectivity index (χ1v) is 7.91. The van der Waals surface area contributed by atoms with Crippen LogP contribution >= 0.6 is 0 Å². The second-order valence-electron chi connectivity index (χ2n) is 5.78. The first kappa shape index (κ1) is 16.5. The Morgan fingerprint density at radius 2 is 2.18 bits per heavy atom. The summed E-state index contributed by atoms with van der Waals surface area (Å²) in [7, 11) is 0. The second-order valence-corrected chi connectivity index (χ2v) is 5.78. The van der Waals surface area contributed by atoms with Gasteiger partial charge in [0.15, 0.2) is 5.78 Å². The van der Waals surface area contributed by atoms with Crippen molar-refractivity contribution in [1.82, 2.24) is 10.6 Å². The second kappa shape index (κ2) is 7.40. The van der Waals surface area contributed by atoms with E-state index in [0.29, 0.717) is 36.2 Å². The van der Waals surface area contributed by atoms with Crippen LogP contribution in [0, 0.1) is 5.92 Å². The van der Waals surface area contributed by atoms with Crippen LogP contribution in [0.25, 0.3) is 0 Å². The molecule has 0 bridgehead atoms. The lowest BCUT2D eigenvalue weighted by atomic mass is 9.78. The van der Waals surface area contributed by atoms with Crippen molar-refractivity contribution in [3.63, 3.8) is 0 Å². The van der Waals surface area contributed by atoms with Crippen molar-refractivity contribution in [2.24, 2.45) is 5.92 Å². The number of dihydropyridines is 1. The van der Waals surface area contributed by atoms with E-state index in [0.717, 1.165) is 25.0 Å². The summed E-state index contributed by atoms with van der Waals surface area (Å²) in [6.45, 7) is 6.68. The van der Waals surface area contributed by atoms with E-state index in [4.69, 9.17) is 0 Å². The summed E-state index contributed by atoms with van der Waals surface area (Å²) >= 11 is 0. The molecule has 2 heterocycles. The summed E-state index contributed by atoms with van der Waals surface area (Å²) < 4.78 is 0. The zero-order valence-electron chi connectivity index (χ0n) is 13.1. The van der Waals surface area contributed by atoms with Crippen molar-refractivity contribution in [1.29, 1.82) is 0 Å². The molecule has 1 unspecified atom stereocenters. The minimum atomic E-state index is -0.941. The van der Waals surface area contributed by atoms with E-state index < -0.39 is 5.97 Å². The molecule has 0 aromatic rings. The minimum absolute atomic E-state index is 0.00616. The molecule has 2 rings (SSSR count). The van der Waals surface area contributed by atoms with Gasteiger partial charge in [-0.1, -0.05) is 32.3 Å². The van der Waals surface area contributed by atoms with Gasteiger partial charge < -0.3 is 15.7 Å². The molecule has 0 saturated carbocycles. The summed E-state index contributed by atoms with van der Waals surface area (Å²) in [4.78, 5) is 24.1. The number of allylic oxidation sites excluding steroid dienone is 1. The Morgan fingerprint density at radius 1 is 1.41 bits per heavy atom. The number of aliphatic carboxylic acids is 1. The molecule has 0 aromatic heterocycles. The van der Waals surface area contributed by atoms with Crippen LogP contribution in [0.1, 0.15) is 39.0 Å². The van der Waals surface area contributed by atoms with Gasteiger partial charge in [0, 0.05) is 35.9 Å². The predicted octanol–water partition coefficient (Wildman–Crippen LogP) is 2.13. The molecule has 0 aromatic carbocycles. The molecule has 5 heteroatoms. The van der Waals surface area contributed by atoms with Crippen LogP contribution in [-0.4, -0.2) is 29.9 Å². The summed E-state index contributed by atoms with van der Waals surface area (Å²) in [5, 5.41) is 15.9. The maximum Gasteiger partial charge on any atom is 0.333 e. The van der Waals surface area contributed by atoms with E-state index in [2.05, 4.69) is 24.1 Å². The van der Waals surface area contributed by atoms with E-state index in [1.54, 1.807) is 6.08 Å². The Balaban J connectivity index is 2.41. The van der Waals surface area contributed by atoms with Crippen LogP contribution in [0.15, 0.2) is 35.2 Å². The maximum absolute atomic E-state index is 12.3. The molecule has 0 saturated heterocycles. The van der Waals surface area contributed by atoms with Gasteiger partial charge >= 0.3 is 5.97 Å². The largest absolute Gasteiger partial charge is 0.478 e. The number of rotatable bonds is 7. The zero-order chi connectivity index (χ0) is 16.1. The molecular weight excluding hydrogens is 280 g/mol. The van der Waals surface area contributed by atoms with Crippen molar-refractivity contribution >= 4 is 11.8 Å². The van der Waals surface area contributed by atoms with Crippen molar-refractivity contribution in [2.75, 3.05) is 13.1 Å². The molecule has 2 aliphatic heterocycles. The number of nitrogens with one attached hydrogen (secondary N) is 2. The molecule has 1 atom stereocenters. The highest BCUT2D eigenvalue weighted by molar-refractivity contribution is 6.02.